The van der Waals surface area contributed by atoms with Crippen molar-refractivity contribution in [2.45, 2.75) is 26.9 Å². The van der Waals surface area contributed by atoms with E-state index in [1.807, 2.05) is 13.0 Å². The van der Waals surface area contributed by atoms with Gasteiger partial charge in [0.25, 0.3) is 0 Å². The fourth-order valence-electron chi connectivity index (χ4n) is 2.24. The van der Waals surface area contributed by atoms with E-state index >= 15 is 0 Å². The van der Waals surface area contributed by atoms with Crippen LogP contribution in [0.3, 0.4) is 0 Å². The van der Waals surface area contributed by atoms with E-state index in [4.69, 9.17) is 0 Å². The van der Waals surface area contributed by atoms with Gasteiger partial charge in [-0.3, -0.25) is 4.90 Å². The molecular formula is C17H20BrNO. The Morgan fingerprint density at radius 1 is 1.00 bits per heavy atom. The molecule has 0 amide bonds. The molecule has 0 saturated carbocycles. The number of aromatic hydroxyl groups is 1. The Kier molecular flexibility index (Phi) is 4.84. The number of hydrogen-bond donors (Lipinski definition) is 1. The first-order valence-corrected chi connectivity index (χ1v) is 7.47. The number of phenolic OH excluding ortho intramolecular Hbond substituents is 1. The van der Waals surface area contributed by atoms with Crippen LogP contribution in [0.2, 0.25) is 0 Å². The number of phenols is 1. The first-order valence-electron chi connectivity index (χ1n) is 6.68. The summed E-state index contributed by atoms with van der Waals surface area (Å²) in [5.74, 6) is 0.385. The third-order valence-corrected chi connectivity index (χ3v) is 4.03. The standard InChI is InChI=1S/C17H20BrNO/c1-12-8-15(17(20)9-13(12)2)11-19(3)10-14-4-6-16(18)7-5-14/h4-9,20H,10-11H2,1-3H3. The van der Waals surface area contributed by atoms with Crippen molar-refractivity contribution < 1.29 is 5.11 Å². The molecule has 0 fully saturated rings. The lowest BCUT2D eigenvalue weighted by atomic mass is 10.0. The summed E-state index contributed by atoms with van der Waals surface area (Å²) >= 11 is 3.44. The van der Waals surface area contributed by atoms with Crippen molar-refractivity contribution >= 4 is 15.9 Å². The summed E-state index contributed by atoms with van der Waals surface area (Å²) in [4.78, 5) is 2.20. The SMILES string of the molecule is Cc1cc(O)c(CN(C)Cc2ccc(Br)cc2)cc1C. The van der Waals surface area contributed by atoms with Gasteiger partial charge in [-0.1, -0.05) is 34.1 Å². The fourth-order valence-corrected chi connectivity index (χ4v) is 2.50. The minimum Gasteiger partial charge on any atom is -0.508 e. The minimum atomic E-state index is 0.385. The zero-order valence-electron chi connectivity index (χ0n) is 12.2. The van der Waals surface area contributed by atoms with Gasteiger partial charge in [0.2, 0.25) is 0 Å². The zero-order valence-corrected chi connectivity index (χ0v) is 13.7. The van der Waals surface area contributed by atoms with Gasteiger partial charge in [-0.15, -0.1) is 0 Å². The Balaban J connectivity index is 2.06. The molecule has 0 radical (unpaired) electrons. The van der Waals surface area contributed by atoms with E-state index in [-0.39, 0.29) is 0 Å². The van der Waals surface area contributed by atoms with E-state index < -0.39 is 0 Å². The molecule has 2 aromatic carbocycles. The molecule has 0 aliphatic heterocycles. The molecule has 0 aliphatic rings. The maximum atomic E-state index is 10.0. The quantitative estimate of drug-likeness (QED) is 0.896. The molecule has 0 saturated heterocycles. The third-order valence-electron chi connectivity index (χ3n) is 3.50. The van der Waals surface area contributed by atoms with Gasteiger partial charge in [-0.25, -0.2) is 0 Å². The third kappa shape index (κ3) is 3.84. The van der Waals surface area contributed by atoms with Crippen LogP contribution in [-0.4, -0.2) is 17.1 Å². The Hall–Kier alpha value is -1.32. The van der Waals surface area contributed by atoms with E-state index in [9.17, 15) is 5.11 Å². The van der Waals surface area contributed by atoms with Crippen LogP contribution >= 0.6 is 15.9 Å². The summed E-state index contributed by atoms with van der Waals surface area (Å²) in [6.45, 7) is 5.69. The lowest BCUT2D eigenvalue weighted by Crippen LogP contribution is -2.17. The Bertz CT molecular complexity index is 593. The molecule has 0 heterocycles. The lowest BCUT2D eigenvalue weighted by Gasteiger charge is -2.18. The number of halogens is 1. The topological polar surface area (TPSA) is 23.5 Å². The second kappa shape index (κ2) is 6.42. The number of nitrogens with zero attached hydrogens (tertiary/aromatic N) is 1. The molecule has 0 atom stereocenters. The van der Waals surface area contributed by atoms with Gasteiger partial charge in [-0.05, 0) is 55.8 Å². The molecule has 2 nitrogen and oxygen atoms in total. The Morgan fingerprint density at radius 3 is 2.25 bits per heavy atom. The Morgan fingerprint density at radius 2 is 1.60 bits per heavy atom. The van der Waals surface area contributed by atoms with Gasteiger partial charge in [-0.2, -0.15) is 0 Å². The molecule has 0 aromatic heterocycles. The van der Waals surface area contributed by atoms with Crippen LogP contribution in [0.15, 0.2) is 40.9 Å². The first kappa shape index (κ1) is 15.1. The molecule has 0 bridgehead atoms. The van der Waals surface area contributed by atoms with Crippen molar-refractivity contribution in [3.63, 3.8) is 0 Å². The fraction of sp³-hybridized carbons (Fsp3) is 0.294. The predicted octanol–water partition coefficient (Wildman–Crippen LogP) is 4.40. The van der Waals surface area contributed by atoms with Crippen molar-refractivity contribution in [2.75, 3.05) is 7.05 Å². The van der Waals surface area contributed by atoms with Crippen LogP contribution in [0.4, 0.5) is 0 Å². The molecule has 3 heteroatoms. The van der Waals surface area contributed by atoms with Gasteiger partial charge in [0.15, 0.2) is 0 Å². The smallest absolute Gasteiger partial charge is 0.120 e. The number of hydrogen-bond acceptors (Lipinski definition) is 2. The summed E-state index contributed by atoms with van der Waals surface area (Å²) in [7, 11) is 2.07. The second-order valence-electron chi connectivity index (χ2n) is 5.36. The van der Waals surface area contributed by atoms with Crippen LogP contribution in [0, 0.1) is 13.8 Å². The summed E-state index contributed by atoms with van der Waals surface area (Å²) < 4.78 is 1.09. The van der Waals surface area contributed by atoms with Crippen LogP contribution < -0.4 is 0 Å². The largest absolute Gasteiger partial charge is 0.508 e. The van der Waals surface area contributed by atoms with E-state index in [2.05, 4.69) is 65.1 Å². The minimum absolute atomic E-state index is 0.385. The van der Waals surface area contributed by atoms with Gasteiger partial charge >= 0.3 is 0 Å². The van der Waals surface area contributed by atoms with E-state index in [0.717, 1.165) is 28.7 Å². The summed E-state index contributed by atoms with van der Waals surface area (Å²) in [5, 5.41) is 10.0. The van der Waals surface area contributed by atoms with Crippen LogP contribution in [0.5, 0.6) is 5.75 Å². The van der Waals surface area contributed by atoms with Crippen molar-refractivity contribution in [3.8, 4) is 5.75 Å². The van der Waals surface area contributed by atoms with Gasteiger partial charge in [0, 0.05) is 23.1 Å². The first-order chi connectivity index (χ1) is 9.45. The van der Waals surface area contributed by atoms with Crippen molar-refractivity contribution in [2.24, 2.45) is 0 Å². The predicted molar refractivity (Wildman–Crippen MR) is 86.9 cm³/mol. The number of benzene rings is 2. The van der Waals surface area contributed by atoms with Gasteiger partial charge in [0.05, 0.1) is 0 Å². The summed E-state index contributed by atoms with van der Waals surface area (Å²) in [6, 6.07) is 12.2. The van der Waals surface area contributed by atoms with E-state index in [1.54, 1.807) is 0 Å². The second-order valence-corrected chi connectivity index (χ2v) is 6.28. The number of rotatable bonds is 4. The molecule has 0 spiro atoms. The maximum Gasteiger partial charge on any atom is 0.120 e. The van der Waals surface area contributed by atoms with Gasteiger partial charge < -0.3 is 5.11 Å². The molecule has 106 valence electrons. The molecular weight excluding hydrogens is 314 g/mol. The average Bonchev–Trinajstić information content (AvgIpc) is 2.39. The average molecular weight is 334 g/mol. The van der Waals surface area contributed by atoms with Crippen molar-refractivity contribution in [1.82, 2.24) is 4.90 Å². The Labute approximate surface area is 129 Å². The van der Waals surface area contributed by atoms with E-state index in [0.29, 0.717) is 5.75 Å². The van der Waals surface area contributed by atoms with Crippen LogP contribution in [0.1, 0.15) is 22.3 Å². The highest BCUT2D eigenvalue weighted by molar-refractivity contribution is 9.10. The highest BCUT2D eigenvalue weighted by atomic mass is 79.9. The van der Waals surface area contributed by atoms with Crippen LogP contribution in [-0.2, 0) is 13.1 Å². The van der Waals surface area contributed by atoms with E-state index in [1.165, 1.54) is 11.1 Å². The summed E-state index contributed by atoms with van der Waals surface area (Å²) in [5.41, 5.74) is 4.59. The maximum absolute atomic E-state index is 10.0. The van der Waals surface area contributed by atoms with Crippen molar-refractivity contribution in [1.29, 1.82) is 0 Å². The molecule has 1 N–H and O–H groups in total. The molecule has 20 heavy (non-hydrogen) atoms. The zero-order chi connectivity index (χ0) is 14.7. The molecule has 2 rings (SSSR count). The number of aryl methyl sites for hydroxylation is 2. The normalized spacial score (nSPS) is 11.1. The highest BCUT2D eigenvalue weighted by Gasteiger charge is 2.08. The summed E-state index contributed by atoms with van der Waals surface area (Å²) in [6.07, 6.45) is 0. The van der Waals surface area contributed by atoms with Crippen molar-refractivity contribution in [3.05, 3.63) is 63.1 Å². The lowest BCUT2D eigenvalue weighted by molar-refractivity contribution is 0.312. The molecule has 0 unspecified atom stereocenters. The highest BCUT2D eigenvalue weighted by Crippen LogP contribution is 2.23. The van der Waals surface area contributed by atoms with Gasteiger partial charge in [0.1, 0.15) is 5.75 Å². The molecule has 0 aliphatic carbocycles. The van der Waals surface area contributed by atoms with Crippen LogP contribution in [0.25, 0.3) is 0 Å². The monoisotopic (exact) mass is 333 g/mol. The molecule has 2 aromatic rings.